The number of halogens is 1. The summed E-state index contributed by atoms with van der Waals surface area (Å²) in [5, 5.41) is 0. The van der Waals surface area contributed by atoms with Gasteiger partial charge in [0.05, 0.1) is 34.0 Å². The molecule has 0 saturated heterocycles. The minimum atomic E-state index is -0.0736. The van der Waals surface area contributed by atoms with Gasteiger partial charge in [0.25, 0.3) is 5.91 Å². The second-order valence-electron chi connectivity index (χ2n) is 7.29. The van der Waals surface area contributed by atoms with E-state index in [1.165, 1.54) is 0 Å². The molecule has 0 saturated carbocycles. The summed E-state index contributed by atoms with van der Waals surface area (Å²) in [4.78, 5) is 16.8. The van der Waals surface area contributed by atoms with Gasteiger partial charge in [-0.25, -0.2) is 0 Å². The van der Waals surface area contributed by atoms with Gasteiger partial charge in [0.15, 0.2) is 29.7 Å². The number of carbonyl (C=O) groups excluding carboxylic acids is 1. The normalized spacial score (nSPS) is 12.6. The molecule has 176 valence electrons. The topological polar surface area (TPSA) is 69.7 Å². The molecule has 2 aromatic rings. The Morgan fingerprint density at radius 1 is 0.906 bits per heavy atom. The fraction of sp³-hybridized carbons (Fsp3) is 0.435. The average molecular weight is 467 g/mol. The van der Waals surface area contributed by atoms with E-state index < -0.39 is 0 Å². The number of methoxy groups -OCH3 is 4. The van der Waals surface area contributed by atoms with Gasteiger partial charge in [-0.15, -0.1) is 12.4 Å². The van der Waals surface area contributed by atoms with Crippen LogP contribution in [0.1, 0.15) is 15.9 Å². The Balaban J connectivity index is 0.00000363. The van der Waals surface area contributed by atoms with Crippen molar-refractivity contribution in [1.29, 1.82) is 0 Å². The highest BCUT2D eigenvalue weighted by atomic mass is 35.5. The predicted octanol–water partition coefficient (Wildman–Crippen LogP) is 3.11. The van der Waals surface area contributed by atoms with Crippen molar-refractivity contribution in [2.24, 2.45) is 0 Å². The SMILES string of the molecule is COc1ccc(CCN(C)CCN2COc3cc(OC)c(OC)cc3C2=O)cc1OC.Cl. The predicted molar refractivity (Wildman–Crippen MR) is 124 cm³/mol. The molecule has 1 aliphatic rings. The molecular formula is C23H31ClN2O6. The van der Waals surface area contributed by atoms with E-state index in [4.69, 9.17) is 23.7 Å². The zero-order chi connectivity index (χ0) is 22.4. The van der Waals surface area contributed by atoms with E-state index in [0.717, 1.165) is 36.6 Å². The van der Waals surface area contributed by atoms with E-state index in [1.807, 2.05) is 25.2 Å². The Morgan fingerprint density at radius 3 is 2.19 bits per heavy atom. The number of hydrogen-bond acceptors (Lipinski definition) is 7. The van der Waals surface area contributed by atoms with Crippen LogP contribution in [0.2, 0.25) is 0 Å². The van der Waals surface area contributed by atoms with Crippen LogP contribution in [-0.2, 0) is 6.42 Å². The summed E-state index contributed by atoms with van der Waals surface area (Å²) in [6.07, 6.45) is 0.862. The molecule has 0 radical (unpaired) electrons. The lowest BCUT2D eigenvalue weighted by molar-refractivity contribution is 0.0497. The minimum Gasteiger partial charge on any atom is -0.493 e. The fourth-order valence-corrected chi connectivity index (χ4v) is 3.45. The summed E-state index contributed by atoms with van der Waals surface area (Å²) in [5.74, 6) is 2.93. The van der Waals surface area contributed by atoms with Crippen molar-refractivity contribution < 1.29 is 28.5 Å². The number of nitrogens with zero attached hydrogens (tertiary/aromatic N) is 2. The lowest BCUT2D eigenvalue weighted by Crippen LogP contribution is -2.43. The zero-order valence-electron chi connectivity index (χ0n) is 19.2. The first-order valence-electron chi connectivity index (χ1n) is 10.1. The Hall–Kier alpha value is -2.84. The third kappa shape index (κ3) is 5.69. The highest BCUT2D eigenvalue weighted by molar-refractivity contribution is 5.98. The molecule has 1 aliphatic heterocycles. The summed E-state index contributed by atoms with van der Waals surface area (Å²) < 4.78 is 27.0. The number of benzene rings is 2. The van der Waals surface area contributed by atoms with Crippen LogP contribution in [0.3, 0.4) is 0 Å². The van der Waals surface area contributed by atoms with Crippen molar-refractivity contribution in [3.05, 3.63) is 41.5 Å². The van der Waals surface area contributed by atoms with Crippen molar-refractivity contribution in [3.63, 3.8) is 0 Å². The minimum absolute atomic E-state index is 0. The van der Waals surface area contributed by atoms with Crippen molar-refractivity contribution in [2.75, 3.05) is 61.9 Å². The summed E-state index contributed by atoms with van der Waals surface area (Å²) in [7, 11) is 8.40. The molecule has 32 heavy (non-hydrogen) atoms. The first kappa shape index (κ1) is 25.4. The van der Waals surface area contributed by atoms with E-state index in [2.05, 4.69) is 4.90 Å². The second kappa shape index (κ2) is 11.7. The largest absolute Gasteiger partial charge is 0.493 e. The molecule has 0 aromatic heterocycles. The molecular weight excluding hydrogens is 436 g/mol. The lowest BCUT2D eigenvalue weighted by atomic mass is 10.1. The van der Waals surface area contributed by atoms with Crippen LogP contribution >= 0.6 is 12.4 Å². The van der Waals surface area contributed by atoms with Gasteiger partial charge in [-0.1, -0.05) is 6.07 Å². The van der Waals surface area contributed by atoms with Gasteiger partial charge in [-0.05, 0) is 31.2 Å². The Kier molecular flexibility index (Phi) is 9.28. The Labute approximate surface area is 195 Å². The van der Waals surface area contributed by atoms with Crippen LogP contribution < -0.4 is 23.7 Å². The summed E-state index contributed by atoms with van der Waals surface area (Å²) in [6, 6.07) is 9.31. The monoisotopic (exact) mass is 466 g/mol. The van der Waals surface area contributed by atoms with Gasteiger partial charge >= 0.3 is 0 Å². The van der Waals surface area contributed by atoms with Gasteiger partial charge in [-0.2, -0.15) is 0 Å². The molecule has 1 amide bonds. The van der Waals surface area contributed by atoms with Crippen molar-refractivity contribution in [1.82, 2.24) is 9.80 Å². The highest BCUT2D eigenvalue weighted by Gasteiger charge is 2.27. The summed E-state index contributed by atoms with van der Waals surface area (Å²) in [6.45, 7) is 2.35. The first-order chi connectivity index (χ1) is 15.0. The molecule has 0 unspecified atom stereocenters. The molecule has 0 atom stereocenters. The fourth-order valence-electron chi connectivity index (χ4n) is 3.45. The van der Waals surface area contributed by atoms with E-state index in [-0.39, 0.29) is 25.0 Å². The number of fused-ring (bicyclic) bond motifs is 1. The van der Waals surface area contributed by atoms with Crippen molar-refractivity contribution >= 4 is 18.3 Å². The standard InChI is InChI=1S/C23H30N2O6.ClH/c1-24(9-8-16-6-7-18(27-2)20(12-16)28-3)10-11-25-15-31-19-14-22(30-5)21(29-4)13-17(19)23(25)26;/h6-7,12-14H,8-11,15H2,1-5H3;1H. The smallest absolute Gasteiger partial charge is 0.260 e. The van der Waals surface area contributed by atoms with Crippen LogP contribution in [0, 0.1) is 0 Å². The molecule has 0 N–H and O–H groups in total. The van der Waals surface area contributed by atoms with Crippen molar-refractivity contribution in [3.8, 4) is 28.7 Å². The number of amides is 1. The number of ether oxygens (including phenoxy) is 5. The molecule has 0 aliphatic carbocycles. The number of likely N-dealkylation sites (N-methyl/N-ethyl adjacent to an activating group) is 1. The molecule has 0 bridgehead atoms. The molecule has 0 fully saturated rings. The Bertz CT molecular complexity index is 924. The lowest BCUT2D eigenvalue weighted by Gasteiger charge is -2.30. The molecule has 8 nitrogen and oxygen atoms in total. The molecule has 1 heterocycles. The van der Waals surface area contributed by atoms with Gasteiger partial charge in [-0.3, -0.25) is 4.79 Å². The summed E-state index contributed by atoms with van der Waals surface area (Å²) >= 11 is 0. The van der Waals surface area contributed by atoms with E-state index in [0.29, 0.717) is 29.4 Å². The van der Waals surface area contributed by atoms with E-state index in [1.54, 1.807) is 45.5 Å². The molecule has 9 heteroatoms. The molecule has 0 spiro atoms. The number of hydrogen-bond donors (Lipinski definition) is 0. The van der Waals surface area contributed by atoms with Gasteiger partial charge in [0, 0.05) is 31.8 Å². The zero-order valence-corrected chi connectivity index (χ0v) is 20.0. The maximum atomic E-state index is 12.9. The Morgan fingerprint density at radius 2 is 1.53 bits per heavy atom. The highest BCUT2D eigenvalue weighted by Crippen LogP contribution is 2.37. The van der Waals surface area contributed by atoms with Gasteiger partial charge in [0.2, 0.25) is 0 Å². The van der Waals surface area contributed by atoms with Crippen LogP contribution in [0.25, 0.3) is 0 Å². The van der Waals surface area contributed by atoms with Crippen molar-refractivity contribution in [2.45, 2.75) is 6.42 Å². The van der Waals surface area contributed by atoms with Crippen LogP contribution in [-0.4, -0.2) is 77.6 Å². The van der Waals surface area contributed by atoms with E-state index in [9.17, 15) is 4.79 Å². The van der Waals surface area contributed by atoms with Crippen LogP contribution in [0.15, 0.2) is 30.3 Å². The van der Waals surface area contributed by atoms with E-state index >= 15 is 0 Å². The molecule has 2 aromatic carbocycles. The molecule has 3 rings (SSSR count). The average Bonchev–Trinajstić information content (AvgIpc) is 2.81. The second-order valence-corrected chi connectivity index (χ2v) is 7.29. The van der Waals surface area contributed by atoms with Crippen LogP contribution in [0.5, 0.6) is 28.7 Å². The van der Waals surface area contributed by atoms with Gasteiger partial charge < -0.3 is 33.5 Å². The first-order valence-corrected chi connectivity index (χ1v) is 10.1. The van der Waals surface area contributed by atoms with Crippen LogP contribution in [0.4, 0.5) is 0 Å². The maximum Gasteiger partial charge on any atom is 0.260 e. The maximum absolute atomic E-state index is 12.9. The number of carbonyl (C=O) groups is 1. The van der Waals surface area contributed by atoms with Gasteiger partial charge in [0.1, 0.15) is 5.75 Å². The quantitative estimate of drug-likeness (QED) is 0.532. The number of rotatable bonds is 10. The third-order valence-electron chi connectivity index (χ3n) is 5.36. The third-order valence-corrected chi connectivity index (χ3v) is 5.36. The summed E-state index contributed by atoms with van der Waals surface area (Å²) in [5.41, 5.74) is 1.65.